The molecule has 20 heavy (non-hydrogen) atoms. The number of hydrogen-bond donors (Lipinski definition) is 0. The molecule has 1 rings (SSSR count). The summed E-state index contributed by atoms with van der Waals surface area (Å²) in [5, 5.41) is 1.33. The number of esters is 1. The van der Waals surface area contributed by atoms with Crippen LogP contribution in [0.1, 0.15) is 12.8 Å². The Morgan fingerprint density at radius 2 is 1.90 bits per heavy atom. The number of hydrogen-bond acceptors (Lipinski definition) is 3. The van der Waals surface area contributed by atoms with E-state index in [-0.39, 0.29) is 11.5 Å². The summed E-state index contributed by atoms with van der Waals surface area (Å²) in [6.45, 7) is 4.53. The van der Waals surface area contributed by atoms with Crippen molar-refractivity contribution in [3.63, 3.8) is 0 Å². The lowest BCUT2D eigenvalue weighted by Crippen LogP contribution is -2.46. The lowest BCUT2D eigenvalue weighted by molar-refractivity contribution is -0.134. The fourth-order valence-corrected chi connectivity index (χ4v) is 5.24. The summed E-state index contributed by atoms with van der Waals surface area (Å²) in [5.41, 5.74) is 0.281. The zero-order valence-electron chi connectivity index (χ0n) is 12.3. The Bertz CT molecular complexity index is 466. The Balaban J connectivity index is 2.86. The maximum absolute atomic E-state index is 11.1. The van der Waals surface area contributed by atoms with Crippen LogP contribution in [0.15, 0.2) is 42.5 Å². The van der Waals surface area contributed by atoms with Crippen LogP contribution in [-0.2, 0) is 14.3 Å². The lowest BCUT2D eigenvalue weighted by Gasteiger charge is -2.31. The minimum Gasteiger partial charge on any atom is -0.466 e. The SMILES string of the molecule is COC(=O)/C=C/C[C@@H](CC=O)[Si](C)(C)c1ccccc1. The molecule has 0 fully saturated rings. The number of aldehydes is 1. The van der Waals surface area contributed by atoms with Crippen molar-refractivity contribution in [1.29, 1.82) is 0 Å². The first-order chi connectivity index (χ1) is 9.52. The van der Waals surface area contributed by atoms with E-state index in [4.69, 9.17) is 0 Å². The van der Waals surface area contributed by atoms with Crippen molar-refractivity contribution in [3.8, 4) is 0 Å². The second-order valence-electron chi connectivity index (χ2n) is 5.35. The number of ether oxygens (including phenoxy) is 1. The van der Waals surface area contributed by atoms with Crippen molar-refractivity contribution in [1.82, 2.24) is 0 Å². The minimum absolute atomic E-state index is 0.281. The summed E-state index contributed by atoms with van der Waals surface area (Å²) < 4.78 is 4.58. The molecule has 0 aliphatic rings. The Morgan fingerprint density at radius 3 is 2.45 bits per heavy atom. The van der Waals surface area contributed by atoms with Gasteiger partial charge in [0, 0.05) is 12.5 Å². The molecular weight excluding hydrogens is 268 g/mol. The Morgan fingerprint density at radius 1 is 1.25 bits per heavy atom. The maximum Gasteiger partial charge on any atom is 0.330 e. The number of benzene rings is 1. The van der Waals surface area contributed by atoms with Crippen molar-refractivity contribution in [2.24, 2.45) is 0 Å². The predicted molar refractivity (Wildman–Crippen MR) is 83.8 cm³/mol. The van der Waals surface area contributed by atoms with Crippen LogP contribution in [0.25, 0.3) is 0 Å². The van der Waals surface area contributed by atoms with Crippen LogP contribution in [0.4, 0.5) is 0 Å². The molecule has 0 bridgehead atoms. The molecule has 0 aromatic heterocycles. The molecule has 0 N–H and O–H groups in total. The molecule has 3 nitrogen and oxygen atoms in total. The molecule has 0 spiro atoms. The van der Waals surface area contributed by atoms with Gasteiger partial charge >= 0.3 is 5.97 Å². The molecule has 0 aliphatic carbocycles. The topological polar surface area (TPSA) is 43.4 Å². The molecule has 4 heteroatoms. The van der Waals surface area contributed by atoms with Gasteiger partial charge in [0.1, 0.15) is 6.29 Å². The molecule has 0 aliphatic heterocycles. The van der Waals surface area contributed by atoms with Gasteiger partial charge in [-0.3, -0.25) is 0 Å². The second-order valence-corrected chi connectivity index (χ2v) is 10.2. The van der Waals surface area contributed by atoms with Gasteiger partial charge in [0.2, 0.25) is 0 Å². The summed E-state index contributed by atoms with van der Waals surface area (Å²) in [6.07, 6.45) is 5.49. The van der Waals surface area contributed by atoms with Crippen molar-refractivity contribution < 1.29 is 14.3 Å². The number of methoxy groups -OCH3 is 1. The summed E-state index contributed by atoms with van der Waals surface area (Å²) in [6, 6.07) is 10.3. The maximum atomic E-state index is 11.1. The second kappa shape index (κ2) is 7.80. The smallest absolute Gasteiger partial charge is 0.330 e. The van der Waals surface area contributed by atoms with E-state index in [2.05, 4.69) is 30.0 Å². The van der Waals surface area contributed by atoms with E-state index in [1.807, 2.05) is 24.3 Å². The number of rotatable bonds is 7. The van der Waals surface area contributed by atoms with E-state index in [0.29, 0.717) is 6.42 Å². The molecule has 0 saturated carbocycles. The third-order valence-electron chi connectivity index (χ3n) is 3.79. The third-order valence-corrected chi connectivity index (χ3v) is 8.13. The monoisotopic (exact) mass is 290 g/mol. The highest BCUT2D eigenvalue weighted by molar-refractivity contribution is 6.91. The van der Waals surface area contributed by atoms with E-state index in [1.165, 1.54) is 18.4 Å². The number of allylic oxidation sites excluding steroid dienone is 1. The summed E-state index contributed by atoms with van der Waals surface area (Å²) in [7, 11) is -0.387. The van der Waals surface area contributed by atoms with Crippen LogP contribution in [0.5, 0.6) is 0 Å². The average Bonchev–Trinajstić information content (AvgIpc) is 2.47. The summed E-state index contributed by atoms with van der Waals surface area (Å²) in [5.74, 6) is -0.353. The van der Waals surface area contributed by atoms with Gasteiger partial charge in [0.15, 0.2) is 0 Å². The standard InChI is InChI=1S/C16H22O3Si/c1-19-16(18)11-7-10-15(12-13-17)20(2,3)14-8-5-4-6-9-14/h4-9,11,13,15H,10,12H2,1-3H3/b11-7+/t15-/m0/s1. The van der Waals surface area contributed by atoms with Gasteiger partial charge in [-0.2, -0.15) is 0 Å². The highest BCUT2D eigenvalue weighted by atomic mass is 28.3. The molecule has 1 aromatic carbocycles. The highest BCUT2D eigenvalue weighted by Crippen LogP contribution is 2.28. The van der Waals surface area contributed by atoms with Crippen LogP contribution in [0, 0.1) is 0 Å². The molecule has 108 valence electrons. The van der Waals surface area contributed by atoms with E-state index in [0.717, 1.165) is 12.7 Å². The van der Waals surface area contributed by atoms with Crippen molar-refractivity contribution in [2.75, 3.05) is 7.11 Å². The highest BCUT2D eigenvalue weighted by Gasteiger charge is 2.32. The van der Waals surface area contributed by atoms with Gasteiger partial charge in [0.05, 0.1) is 15.2 Å². The molecule has 0 amide bonds. The first-order valence-electron chi connectivity index (χ1n) is 6.76. The largest absolute Gasteiger partial charge is 0.466 e. The molecular formula is C16H22O3Si. The molecule has 0 radical (unpaired) electrons. The first kappa shape index (κ1) is 16.4. The zero-order chi connectivity index (χ0) is 15.0. The molecule has 0 unspecified atom stereocenters. The van der Waals surface area contributed by atoms with Crippen LogP contribution in [0.3, 0.4) is 0 Å². The summed E-state index contributed by atoms with van der Waals surface area (Å²) in [4.78, 5) is 22.1. The fourth-order valence-electron chi connectivity index (χ4n) is 2.30. The quantitative estimate of drug-likeness (QED) is 0.336. The van der Waals surface area contributed by atoms with Gasteiger partial charge in [-0.15, -0.1) is 0 Å². The molecule has 1 atom stereocenters. The van der Waals surface area contributed by atoms with Crippen molar-refractivity contribution >= 4 is 25.5 Å². The molecule has 0 heterocycles. The van der Waals surface area contributed by atoms with Crippen LogP contribution >= 0.6 is 0 Å². The van der Waals surface area contributed by atoms with Crippen molar-refractivity contribution in [2.45, 2.75) is 31.5 Å². The van der Waals surface area contributed by atoms with E-state index >= 15 is 0 Å². The van der Waals surface area contributed by atoms with Crippen LogP contribution < -0.4 is 5.19 Å². The normalized spacial score (nSPS) is 13.2. The van der Waals surface area contributed by atoms with E-state index in [1.54, 1.807) is 0 Å². The van der Waals surface area contributed by atoms with Gasteiger partial charge in [0.25, 0.3) is 0 Å². The lowest BCUT2D eigenvalue weighted by atomic mass is 10.2. The van der Waals surface area contributed by atoms with Gasteiger partial charge < -0.3 is 9.53 Å². The van der Waals surface area contributed by atoms with E-state index in [9.17, 15) is 9.59 Å². The first-order valence-corrected chi connectivity index (χ1v) is 9.83. The Kier molecular flexibility index (Phi) is 6.38. The van der Waals surface area contributed by atoms with E-state index < -0.39 is 8.07 Å². The van der Waals surface area contributed by atoms with Crippen molar-refractivity contribution in [3.05, 3.63) is 42.5 Å². The van der Waals surface area contributed by atoms with Crippen LogP contribution in [0.2, 0.25) is 18.6 Å². The fraction of sp³-hybridized carbons (Fsp3) is 0.375. The predicted octanol–water partition coefficient (Wildman–Crippen LogP) is 2.68. The summed E-state index contributed by atoms with van der Waals surface area (Å²) >= 11 is 0. The van der Waals surface area contributed by atoms with Gasteiger partial charge in [-0.1, -0.05) is 54.7 Å². The number of carbonyl (C=O) groups excluding carboxylic acids is 2. The third kappa shape index (κ3) is 4.45. The van der Waals surface area contributed by atoms with Crippen LogP contribution in [-0.4, -0.2) is 27.4 Å². The average molecular weight is 290 g/mol. The minimum atomic E-state index is -1.75. The zero-order valence-corrected chi connectivity index (χ0v) is 13.3. The number of carbonyl (C=O) groups is 2. The van der Waals surface area contributed by atoms with Gasteiger partial charge in [-0.05, 0) is 12.0 Å². The van der Waals surface area contributed by atoms with Gasteiger partial charge in [-0.25, -0.2) is 4.79 Å². The molecule has 0 saturated heterocycles. The Labute approximate surface area is 121 Å². The molecule has 1 aromatic rings. The Hall–Kier alpha value is -1.68.